The van der Waals surface area contributed by atoms with Crippen molar-refractivity contribution in [3.63, 3.8) is 0 Å². The summed E-state index contributed by atoms with van der Waals surface area (Å²) in [4.78, 5) is 9.00. The Balaban J connectivity index is 0. The first-order valence-corrected chi connectivity index (χ1v) is 5.23. The van der Waals surface area contributed by atoms with Gasteiger partial charge in [-0.2, -0.15) is 0 Å². The van der Waals surface area contributed by atoms with Gasteiger partial charge in [0.05, 0.1) is 5.60 Å². The summed E-state index contributed by atoms with van der Waals surface area (Å²) in [5, 5.41) is 16.8. The molecule has 0 rings (SSSR count). The van der Waals surface area contributed by atoms with E-state index in [9.17, 15) is 5.11 Å². The monoisotopic (exact) mass is 216 g/mol. The number of aliphatic hydroxyl groups is 1. The second kappa shape index (κ2) is 8.48. The molecule has 0 spiro atoms. The van der Waals surface area contributed by atoms with E-state index in [1.54, 1.807) is 0 Å². The van der Waals surface area contributed by atoms with Crippen molar-refractivity contribution in [2.24, 2.45) is 5.92 Å². The third-order valence-electron chi connectivity index (χ3n) is 1.85. The number of carbonyl (C=O) groups is 1. The van der Waals surface area contributed by atoms with Crippen LogP contribution in [0.2, 0.25) is 0 Å². The summed E-state index contributed by atoms with van der Waals surface area (Å²) in [6, 6.07) is 0. The zero-order valence-electron chi connectivity index (χ0n) is 10.3. The average Bonchev–Trinajstić information content (AvgIpc) is 2.00. The topological polar surface area (TPSA) is 57.5 Å². The van der Waals surface area contributed by atoms with Crippen molar-refractivity contribution >= 4 is 5.97 Å². The Bertz CT molecular complexity index is 176. The SMILES string of the molecule is C=CC(C)CCCC(C)(C)O.CC(=O)O. The molecule has 90 valence electrons. The van der Waals surface area contributed by atoms with Gasteiger partial charge in [-0.3, -0.25) is 4.79 Å². The summed E-state index contributed by atoms with van der Waals surface area (Å²) in [6.07, 6.45) is 5.06. The van der Waals surface area contributed by atoms with E-state index in [0.29, 0.717) is 5.92 Å². The molecule has 0 saturated heterocycles. The summed E-state index contributed by atoms with van der Waals surface area (Å²) in [7, 11) is 0. The summed E-state index contributed by atoms with van der Waals surface area (Å²) in [6.45, 7) is 10.7. The van der Waals surface area contributed by atoms with Crippen LogP contribution in [0.4, 0.5) is 0 Å². The highest BCUT2D eigenvalue weighted by Crippen LogP contribution is 2.15. The maximum atomic E-state index is 9.38. The molecule has 2 N–H and O–H groups in total. The van der Waals surface area contributed by atoms with Crippen LogP contribution in [-0.4, -0.2) is 21.8 Å². The van der Waals surface area contributed by atoms with Crippen molar-refractivity contribution < 1.29 is 15.0 Å². The quantitative estimate of drug-likeness (QED) is 0.695. The van der Waals surface area contributed by atoms with Crippen LogP contribution < -0.4 is 0 Å². The van der Waals surface area contributed by atoms with Gasteiger partial charge >= 0.3 is 0 Å². The lowest BCUT2D eigenvalue weighted by Gasteiger charge is -2.17. The van der Waals surface area contributed by atoms with Crippen LogP contribution in [0, 0.1) is 5.92 Å². The summed E-state index contributed by atoms with van der Waals surface area (Å²) >= 11 is 0. The number of aliphatic carboxylic acids is 1. The van der Waals surface area contributed by atoms with Gasteiger partial charge in [0.25, 0.3) is 5.97 Å². The highest BCUT2D eigenvalue weighted by atomic mass is 16.4. The van der Waals surface area contributed by atoms with E-state index in [0.717, 1.165) is 26.2 Å². The zero-order chi connectivity index (χ0) is 12.5. The molecular formula is C12H24O3. The largest absolute Gasteiger partial charge is 0.481 e. The minimum Gasteiger partial charge on any atom is -0.481 e. The molecule has 0 aromatic heterocycles. The second-order valence-corrected chi connectivity index (χ2v) is 4.44. The molecule has 3 nitrogen and oxygen atoms in total. The summed E-state index contributed by atoms with van der Waals surface area (Å²) in [5.74, 6) is -0.252. The van der Waals surface area contributed by atoms with Gasteiger partial charge in [0.1, 0.15) is 0 Å². The van der Waals surface area contributed by atoms with Crippen molar-refractivity contribution in [3.05, 3.63) is 12.7 Å². The van der Waals surface area contributed by atoms with Gasteiger partial charge in [-0.05, 0) is 32.6 Å². The van der Waals surface area contributed by atoms with Crippen LogP contribution in [0.15, 0.2) is 12.7 Å². The van der Waals surface area contributed by atoms with Gasteiger partial charge in [-0.1, -0.05) is 19.4 Å². The number of carboxylic acid groups (broad SMARTS) is 1. The predicted molar refractivity (Wildman–Crippen MR) is 62.8 cm³/mol. The second-order valence-electron chi connectivity index (χ2n) is 4.44. The Morgan fingerprint density at radius 1 is 1.53 bits per heavy atom. The normalized spacial score (nSPS) is 12.3. The smallest absolute Gasteiger partial charge is 0.300 e. The standard InChI is InChI=1S/C10H20O.C2H4O2/c1-5-9(2)7-6-8-10(3,4)11;1-2(3)4/h5,9,11H,1,6-8H2,2-4H3;1H3,(H,3,4). The van der Waals surface area contributed by atoms with E-state index in [1.165, 1.54) is 0 Å². The summed E-state index contributed by atoms with van der Waals surface area (Å²) in [5.41, 5.74) is -0.499. The average molecular weight is 216 g/mol. The minimum absolute atomic E-state index is 0.499. The molecular weight excluding hydrogens is 192 g/mol. The van der Waals surface area contributed by atoms with Gasteiger partial charge < -0.3 is 10.2 Å². The Hall–Kier alpha value is -0.830. The molecule has 0 fully saturated rings. The Morgan fingerprint density at radius 2 is 1.93 bits per heavy atom. The van der Waals surface area contributed by atoms with Crippen molar-refractivity contribution in [2.45, 2.75) is 52.6 Å². The molecule has 1 unspecified atom stereocenters. The highest BCUT2D eigenvalue weighted by Gasteiger charge is 2.11. The van der Waals surface area contributed by atoms with E-state index in [4.69, 9.17) is 9.90 Å². The maximum absolute atomic E-state index is 9.38. The maximum Gasteiger partial charge on any atom is 0.300 e. The van der Waals surface area contributed by atoms with Gasteiger partial charge in [0.2, 0.25) is 0 Å². The minimum atomic E-state index is -0.833. The molecule has 15 heavy (non-hydrogen) atoms. The van der Waals surface area contributed by atoms with Crippen molar-refractivity contribution in [1.29, 1.82) is 0 Å². The van der Waals surface area contributed by atoms with Crippen molar-refractivity contribution in [3.8, 4) is 0 Å². The lowest BCUT2D eigenvalue weighted by Crippen LogP contribution is -2.18. The fourth-order valence-electron chi connectivity index (χ4n) is 0.974. The molecule has 0 saturated carbocycles. The van der Waals surface area contributed by atoms with Crippen LogP contribution in [0.5, 0.6) is 0 Å². The van der Waals surface area contributed by atoms with E-state index < -0.39 is 11.6 Å². The summed E-state index contributed by atoms with van der Waals surface area (Å²) < 4.78 is 0. The lowest BCUT2D eigenvalue weighted by molar-refractivity contribution is -0.134. The van der Waals surface area contributed by atoms with Crippen molar-refractivity contribution in [2.75, 3.05) is 0 Å². The molecule has 0 aliphatic rings. The highest BCUT2D eigenvalue weighted by molar-refractivity contribution is 5.62. The molecule has 0 aromatic carbocycles. The molecule has 0 aliphatic carbocycles. The van der Waals surface area contributed by atoms with Gasteiger partial charge in [-0.25, -0.2) is 0 Å². The lowest BCUT2D eigenvalue weighted by atomic mass is 9.97. The van der Waals surface area contributed by atoms with Gasteiger partial charge in [-0.15, -0.1) is 6.58 Å². The van der Waals surface area contributed by atoms with Crippen molar-refractivity contribution in [1.82, 2.24) is 0 Å². The number of carboxylic acids is 1. The molecule has 3 heteroatoms. The number of hydrogen-bond acceptors (Lipinski definition) is 2. The fourth-order valence-corrected chi connectivity index (χ4v) is 0.974. The molecule has 0 bridgehead atoms. The molecule has 0 aliphatic heterocycles. The Morgan fingerprint density at radius 3 is 2.20 bits per heavy atom. The van der Waals surface area contributed by atoms with Crippen LogP contribution in [-0.2, 0) is 4.79 Å². The first-order valence-electron chi connectivity index (χ1n) is 5.23. The number of hydrogen-bond donors (Lipinski definition) is 2. The van der Waals surface area contributed by atoms with Crippen LogP contribution >= 0.6 is 0 Å². The Kier molecular flexibility index (Phi) is 9.38. The molecule has 0 amide bonds. The molecule has 0 heterocycles. The van der Waals surface area contributed by atoms with E-state index in [2.05, 4.69) is 13.5 Å². The third-order valence-corrected chi connectivity index (χ3v) is 1.85. The van der Waals surface area contributed by atoms with Crippen LogP contribution in [0.3, 0.4) is 0 Å². The van der Waals surface area contributed by atoms with E-state index in [-0.39, 0.29) is 0 Å². The number of rotatable bonds is 5. The Labute approximate surface area is 92.8 Å². The number of allylic oxidation sites excluding steroid dienone is 1. The first-order chi connectivity index (χ1) is 6.69. The van der Waals surface area contributed by atoms with Gasteiger partial charge in [0, 0.05) is 6.92 Å². The third kappa shape index (κ3) is 24.6. The van der Waals surface area contributed by atoms with E-state index in [1.807, 2.05) is 19.9 Å². The first kappa shape index (κ1) is 16.6. The zero-order valence-corrected chi connectivity index (χ0v) is 10.3. The fraction of sp³-hybridized carbons (Fsp3) is 0.750. The molecule has 0 radical (unpaired) electrons. The molecule has 1 atom stereocenters. The van der Waals surface area contributed by atoms with Crippen LogP contribution in [0.25, 0.3) is 0 Å². The van der Waals surface area contributed by atoms with E-state index >= 15 is 0 Å². The van der Waals surface area contributed by atoms with Gasteiger partial charge in [0.15, 0.2) is 0 Å². The van der Waals surface area contributed by atoms with Crippen LogP contribution in [0.1, 0.15) is 47.0 Å². The predicted octanol–water partition coefficient (Wildman–Crippen LogP) is 2.84. The molecule has 0 aromatic rings.